The van der Waals surface area contributed by atoms with E-state index in [9.17, 15) is 19.8 Å². The van der Waals surface area contributed by atoms with Crippen molar-refractivity contribution in [2.24, 2.45) is 17.3 Å². The standard InChI is InChI=1S/C22H28O6/c1-11(23)27-14-5-7-15-13(10-14)4-6-17-16(15)8-9-22(3)18(17)19(25)20(26)21(22)28-12(2)24/h5,7,10,16-21,25-26H,4,6,8-9H2,1-3H3/t16?,17?,18?,19-,20-,21+,22?/m1/s1. The number of aliphatic hydroxyl groups excluding tert-OH is 2. The van der Waals surface area contributed by atoms with Crippen LogP contribution in [0.15, 0.2) is 18.2 Å². The molecule has 3 aliphatic carbocycles. The molecule has 28 heavy (non-hydrogen) atoms. The molecule has 3 aliphatic rings. The Labute approximate surface area is 164 Å². The molecule has 1 aromatic carbocycles. The molecular weight excluding hydrogens is 360 g/mol. The second-order valence-electron chi connectivity index (χ2n) is 8.84. The van der Waals surface area contributed by atoms with E-state index >= 15 is 0 Å². The van der Waals surface area contributed by atoms with Gasteiger partial charge in [-0.15, -0.1) is 0 Å². The summed E-state index contributed by atoms with van der Waals surface area (Å²) in [6.45, 7) is 4.78. The number of carbonyl (C=O) groups is 2. The maximum absolute atomic E-state index is 11.6. The number of hydrogen-bond acceptors (Lipinski definition) is 6. The molecule has 0 aromatic heterocycles. The predicted octanol–water partition coefficient (Wildman–Crippen LogP) is 2.34. The van der Waals surface area contributed by atoms with Crippen molar-refractivity contribution in [2.75, 3.05) is 0 Å². The molecule has 2 N–H and O–H groups in total. The van der Waals surface area contributed by atoms with Gasteiger partial charge in [0.2, 0.25) is 0 Å². The molecule has 4 unspecified atom stereocenters. The Morgan fingerprint density at radius 3 is 2.54 bits per heavy atom. The molecule has 0 bridgehead atoms. The predicted molar refractivity (Wildman–Crippen MR) is 101 cm³/mol. The summed E-state index contributed by atoms with van der Waals surface area (Å²) < 4.78 is 10.7. The lowest BCUT2D eigenvalue weighted by molar-refractivity contribution is -0.161. The Morgan fingerprint density at radius 1 is 1.11 bits per heavy atom. The summed E-state index contributed by atoms with van der Waals surface area (Å²) in [4.78, 5) is 22.8. The molecule has 0 saturated heterocycles. The maximum atomic E-state index is 11.6. The van der Waals surface area contributed by atoms with Gasteiger partial charge in [-0.3, -0.25) is 9.59 Å². The summed E-state index contributed by atoms with van der Waals surface area (Å²) in [7, 11) is 0. The number of rotatable bonds is 2. The van der Waals surface area contributed by atoms with Gasteiger partial charge in [-0.1, -0.05) is 13.0 Å². The Bertz CT molecular complexity index is 804. The van der Waals surface area contributed by atoms with Crippen LogP contribution in [-0.4, -0.2) is 40.5 Å². The summed E-state index contributed by atoms with van der Waals surface area (Å²) >= 11 is 0. The van der Waals surface area contributed by atoms with E-state index in [0.717, 1.165) is 25.7 Å². The van der Waals surface area contributed by atoms with E-state index in [1.807, 2.05) is 25.1 Å². The molecular formula is C22H28O6. The zero-order valence-electron chi connectivity index (χ0n) is 16.6. The van der Waals surface area contributed by atoms with E-state index in [1.54, 1.807) is 0 Å². The van der Waals surface area contributed by atoms with Crippen molar-refractivity contribution in [3.63, 3.8) is 0 Å². The average molecular weight is 388 g/mol. The molecule has 2 fully saturated rings. The van der Waals surface area contributed by atoms with Crippen LogP contribution in [0.3, 0.4) is 0 Å². The van der Waals surface area contributed by atoms with E-state index in [4.69, 9.17) is 9.47 Å². The van der Waals surface area contributed by atoms with Gasteiger partial charge in [-0.25, -0.2) is 0 Å². The second kappa shape index (κ2) is 6.85. The van der Waals surface area contributed by atoms with Crippen LogP contribution in [0, 0.1) is 17.3 Å². The van der Waals surface area contributed by atoms with Gasteiger partial charge >= 0.3 is 11.9 Å². The fourth-order valence-electron chi connectivity index (χ4n) is 6.21. The number of benzene rings is 1. The molecule has 2 saturated carbocycles. The summed E-state index contributed by atoms with van der Waals surface area (Å²) in [6, 6.07) is 5.81. The molecule has 0 amide bonds. The number of aryl methyl sites for hydroxylation is 1. The first-order valence-electron chi connectivity index (χ1n) is 10.1. The third kappa shape index (κ3) is 2.94. The van der Waals surface area contributed by atoms with Crippen LogP contribution >= 0.6 is 0 Å². The number of hydrogen-bond donors (Lipinski definition) is 2. The van der Waals surface area contributed by atoms with Crippen molar-refractivity contribution < 1.29 is 29.3 Å². The fraction of sp³-hybridized carbons (Fsp3) is 0.636. The number of aliphatic hydroxyl groups is 2. The van der Waals surface area contributed by atoms with E-state index in [1.165, 1.54) is 25.0 Å². The summed E-state index contributed by atoms with van der Waals surface area (Å²) in [5.74, 6) is 0.194. The molecule has 0 radical (unpaired) electrons. The Morgan fingerprint density at radius 2 is 1.86 bits per heavy atom. The van der Waals surface area contributed by atoms with Gasteiger partial charge in [0.1, 0.15) is 18.0 Å². The molecule has 4 rings (SSSR count). The molecule has 0 spiro atoms. The lowest BCUT2D eigenvalue weighted by atomic mass is 9.55. The quantitative estimate of drug-likeness (QED) is 0.597. The second-order valence-corrected chi connectivity index (χ2v) is 8.84. The average Bonchev–Trinajstić information content (AvgIpc) is 2.81. The first-order chi connectivity index (χ1) is 13.2. The number of carbonyl (C=O) groups excluding carboxylic acids is 2. The van der Waals surface area contributed by atoms with Crippen molar-refractivity contribution in [3.8, 4) is 5.75 Å². The van der Waals surface area contributed by atoms with Crippen LogP contribution < -0.4 is 4.74 Å². The zero-order valence-corrected chi connectivity index (χ0v) is 16.6. The molecule has 7 atom stereocenters. The van der Waals surface area contributed by atoms with E-state index in [2.05, 4.69) is 0 Å². The smallest absolute Gasteiger partial charge is 0.308 e. The SMILES string of the molecule is CC(=O)Oc1ccc2c(c1)CCC1C2CCC2(C)C1[C@@H](O)[C@@H](O)[C@@H]2OC(C)=O. The summed E-state index contributed by atoms with van der Waals surface area (Å²) in [5.41, 5.74) is 2.00. The third-order valence-electron chi connectivity index (χ3n) is 7.23. The Balaban J connectivity index is 1.65. The lowest BCUT2D eigenvalue weighted by Crippen LogP contribution is -2.47. The van der Waals surface area contributed by atoms with Crippen LogP contribution in [-0.2, 0) is 20.7 Å². The van der Waals surface area contributed by atoms with E-state index < -0.39 is 29.7 Å². The Kier molecular flexibility index (Phi) is 4.74. The van der Waals surface area contributed by atoms with Crippen LogP contribution in [0.25, 0.3) is 0 Å². The minimum Gasteiger partial charge on any atom is -0.459 e. The van der Waals surface area contributed by atoms with Crippen LogP contribution in [0.4, 0.5) is 0 Å². The molecule has 6 nitrogen and oxygen atoms in total. The van der Waals surface area contributed by atoms with Crippen LogP contribution in [0.1, 0.15) is 57.1 Å². The molecule has 152 valence electrons. The first kappa shape index (κ1) is 19.4. The molecule has 0 heterocycles. The lowest BCUT2D eigenvalue weighted by Gasteiger charge is -2.50. The fourth-order valence-corrected chi connectivity index (χ4v) is 6.21. The minimum absolute atomic E-state index is 0.119. The minimum atomic E-state index is -1.05. The molecule has 1 aromatic rings. The molecule has 0 aliphatic heterocycles. The van der Waals surface area contributed by atoms with Crippen molar-refractivity contribution in [2.45, 2.75) is 70.7 Å². The van der Waals surface area contributed by atoms with E-state index in [-0.39, 0.29) is 23.7 Å². The highest BCUT2D eigenvalue weighted by atomic mass is 16.6. The summed E-state index contributed by atoms with van der Waals surface area (Å²) in [5, 5.41) is 21.5. The largest absolute Gasteiger partial charge is 0.459 e. The highest BCUT2D eigenvalue weighted by Crippen LogP contribution is 2.61. The highest BCUT2D eigenvalue weighted by molar-refractivity contribution is 5.69. The van der Waals surface area contributed by atoms with Gasteiger partial charge in [0, 0.05) is 19.3 Å². The maximum Gasteiger partial charge on any atom is 0.308 e. The Hall–Kier alpha value is -1.92. The van der Waals surface area contributed by atoms with Gasteiger partial charge in [0.15, 0.2) is 0 Å². The van der Waals surface area contributed by atoms with Crippen molar-refractivity contribution in [3.05, 3.63) is 29.3 Å². The van der Waals surface area contributed by atoms with Gasteiger partial charge in [-0.05, 0) is 66.7 Å². The topological polar surface area (TPSA) is 93.1 Å². The number of fused-ring (bicyclic) bond motifs is 5. The normalized spacial score (nSPS) is 38.8. The van der Waals surface area contributed by atoms with Gasteiger partial charge in [0.25, 0.3) is 0 Å². The van der Waals surface area contributed by atoms with Crippen molar-refractivity contribution in [1.29, 1.82) is 0 Å². The van der Waals surface area contributed by atoms with Crippen molar-refractivity contribution in [1.82, 2.24) is 0 Å². The molecule has 6 heteroatoms. The van der Waals surface area contributed by atoms with Gasteiger partial charge < -0.3 is 19.7 Å². The van der Waals surface area contributed by atoms with E-state index in [0.29, 0.717) is 5.75 Å². The monoisotopic (exact) mass is 388 g/mol. The first-order valence-corrected chi connectivity index (χ1v) is 10.1. The third-order valence-corrected chi connectivity index (χ3v) is 7.23. The number of esters is 2. The summed E-state index contributed by atoms with van der Waals surface area (Å²) in [6.07, 6.45) is 0.787. The number of ether oxygens (including phenoxy) is 2. The zero-order chi connectivity index (χ0) is 20.2. The van der Waals surface area contributed by atoms with Crippen molar-refractivity contribution >= 4 is 11.9 Å². The van der Waals surface area contributed by atoms with Crippen LogP contribution in [0.5, 0.6) is 5.75 Å². The van der Waals surface area contributed by atoms with Gasteiger partial charge in [-0.2, -0.15) is 0 Å². The van der Waals surface area contributed by atoms with Gasteiger partial charge in [0.05, 0.1) is 6.10 Å². The highest BCUT2D eigenvalue weighted by Gasteiger charge is 2.64. The van der Waals surface area contributed by atoms with Crippen LogP contribution in [0.2, 0.25) is 0 Å².